The second kappa shape index (κ2) is 4.91. The van der Waals surface area contributed by atoms with Gasteiger partial charge >= 0.3 is 6.09 Å². The molecule has 94 valence electrons. The number of hydrogen-bond acceptors (Lipinski definition) is 3. The fraction of sp³-hybridized carbons (Fsp3) is 0.231. The molecular weight excluding hydrogens is 230 g/mol. The van der Waals surface area contributed by atoms with Gasteiger partial charge in [-0.3, -0.25) is 0 Å². The highest BCUT2D eigenvalue weighted by molar-refractivity contribution is 6.01. The third-order valence-corrected chi connectivity index (χ3v) is 2.98. The summed E-state index contributed by atoms with van der Waals surface area (Å²) in [6.45, 7) is 2.01. The van der Waals surface area contributed by atoms with Crippen molar-refractivity contribution in [2.75, 3.05) is 7.11 Å². The number of carbonyl (C=O) groups excluding carboxylic acids is 1. The summed E-state index contributed by atoms with van der Waals surface area (Å²) in [7, 11) is 3.30. The van der Waals surface area contributed by atoms with E-state index >= 15 is 0 Å². The fourth-order valence-electron chi connectivity index (χ4n) is 1.91. The van der Waals surface area contributed by atoms with Crippen LogP contribution in [0.4, 0.5) is 4.79 Å². The summed E-state index contributed by atoms with van der Waals surface area (Å²) in [5, 5.41) is 4.98. The smallest absolute Gasteiger partial charge is 0.427 e. The molecule has 0 bridgehead atoms. The molecule has 0 fully saturated rings. The number of nitrogens with one attached hydrogen (secondary N) is 1. The van der Waals surface area contributed by atoms with Gasteiger partial charge in [0.05, 0.1) is 13.3 Å². The lowest BCUT2D eigenvalue weighted by Gasteiger charge is -1.98. The van der Waals surface area contributed by atoms with Crippen LogP contribution in [0.5, 0.6) is 0 Å². The average molecular weight is 245 g/mol. The standard InChI is InChI=1S/C13H15N3O2/c1-9-11(8-14-15-13(17)18-3)10-6-4-5-7-12(10)16(9)2/h4-8H,1-3H3,(H,15,17)/b14-8-. The van der Waals surface area contributed by atoms with Crippen LogP contribution in [0.1, 0.15) is 11.3 Å². The number of hydrazone groups is 1. The molecule has 0 atom stereocenters. The maximum Gasteiger partial charge on any atom is 0.427 e. The van der Waals surface area contributed by atoms with E-state index in [2.05, 4.69) is 19.8 Å². The van der Waals surface area contributed by atoms with E-state index in [9.17, 15) is 4.79 Å². The summed E-state index contributed by atoms with van der Waals surface area (Å²) in [6, 6.07) is 8.05. The Morgan fingerprint density at radius 2 is 2.17 bits per heavy atom. The Morgan fingerprint density at radius 3 is 2.89 bits per heavy atom. The number of ether oxygens (including phenoxy) is 1. The van der Waals surface area contributed by atoms with Crippen molar-refractivity contribution < 1.29 is 9.53 Å². The molecular formula is C13H15N3O2. The molecule has 0 unspecified atom stereocenters. The summed E-state index contributed by atoms with van der Waals surface area (Å²) in [6.07, 6.45) is 1.05. The lowest BCUT2D eigenvalue weighted by molar-refractivity contribution is 0.171. The van der Waals surface area contributed by atoms with Crippen LogP contribution >= 0.6 is 0 Å². The number of benzene rings is 1. The van der Waals surface area contributed by atoms with Crippen LogP contribution in [0.2, 0.25) is 0 Å². The molecule has 0 saturated carbocycles. The first kappa shape index (κ1) is 12.2. The van der Waals surface area contributed by atoms with Gasteiger partial charge in [-0.2, -0.15) is 5.10 Å². The maximum atomic E-state index is 10.9. The van der Waals surface area contributed by atoms with Gasteiger partial charge in [-0.15, -0.1) is 0 Å². The molecule has 0 aliphatic carbocycles. The van der Waals surface area contributed by atoms with Crippen LogP contribution in [0.25, 0.3) is 10.9 Å². The molecule has 2 aromatic rings. The summed E-state index contributed by atoms with van der Waals surface area (Å²) >= 11 is 0. The van der Waals surface area contributed by atoms with Gasteiger partial charge in [0.15, 0.2) is 0 Å². The van der Waals surface area contributed by atoms with Crippen molar-refractivity contribution in [2.45, 2.75) is 6.92 Å². The third kappa shape index (κ3) is 2.07. The number of amides is 1. The monoisotopic (exact) mass is 245 g/mol. The lowest BCUT2D eigenvalue weighted by Crippen LogP contribution is -2.16. The maximum absolute atomic E-state index is 10.9. The minimum absolute atomic E-state index is 0.580. The number of nitrogens with zero attached hydrogens (tertiary/aromatic N) is 2. The normalized spacial score (nSPS) is 11.1. The Hall–Kier alpha value is -2.30. The molecule has 0 spiro atoms. The number of aryl methyl sites for hydroxylation is 1. The van der Waals surface area contributed by atoms with Gasteiger partial charge < -0.3 is 9.30 Å². The number of methoxy groups -OCH3 is 1. The van der Waals surface area contributed by atoms with E-state index in [1.54, 1.807) is 6.21 Å². The van der Waals surface area contributed by atoms with E-state index in [-0.39, 0.29) is 0 Å². The van der Waals surface area contributed by atoms with E-state index in [0.717, 1.165) is 22.2 Å². The quantitative estimate of drug-likeness (QED) is 0.651. The highest BCUT2D eigenvalue weighted by Crippen LogP contribution is 2.22. The SMILES string of the molecule is COC(=O)N/N=C\c1c(C)n(C)c2ccccc12. The van der Waals surface area contributed by atoms with Crippen LogP contribution < -0.4 is 5.43 Å². The molecule has 1 N–H and O–H groups in total. The Kier molecular flexibility index (Phi) is 3.32. The van der Waals surface area contributed by atoms with Gasteiger partial charge in [-0.1, -0.05) is 18.2 Å². The lowest BCUT2D eigenvalue weighted by atomic mass is 10.1. The molecule has 1 aromatic carbocycles. The van der Waals surface area contributed by atoms with Crippen LogP contribution in [0, 0.1) is 6.92 Å². The topological polar surface area (TPSA) is 55.6 Å². The molecule has 5 heteroatoms. The zero-order valence-corrected chi connectivity index (χ0v) is 10.6. The Balaban J connectivity index is 2.39. The van der Waals surface area contributed by atoms with Crippen molar-refractivity contribution in [1.29, 1.82) is 0 Å². The first-order valence-corrected chi connectivity index (χ1v) is 5.56. The van der Waals surface area contributed by atoms with Gasteiger partial charge in [-0.25, -0.2) is 10.2 Å². The molecule has 1 heterocycles. The van der Waals surface area contributed by atoms with Gasteiger partial charge in [0.1, 0.15) is 0 Å². The molecule has 0 aliphatic heterocycles. The number of hydrogen-bond donors (Lipinski definition) is 1. The van der Waals surface area contributed by atoms with Crippen LogP contribution in [-0.4, -0.2) is 24.0 Å². The van der Waals surface area contributed by atoms with Gasteiger partial charge in [-0.05, 0) is 13.0 Å². The van der Waals surface area contributed by atoms with Gasteiger partial charge in [0.25, 0.3) is 0 Å². The van der Waals surface area contributed by atoms with E-state index in [4.69, 9.17) is 0 Å². The first-order valence-electron chi connectivity index (χ1n) is 5.56. The van der Waals surface area contributed by atoms with Crippen LogP contribution in [0.3, 0.4) is 0 Å². The second-order valence-corrected chi connectivity index (χ2v) is 3.94. The van der Waals surface area contributed by atoms with Crippen molar-refractivity contribution >= 4 is 23.2 Å². The summed E-state index contributed by atoms with van der Waals surface area (Å²) in [5.74, 6) is 0. The molecule has 18 heavy (non-hydrogen) atoms. The molecule has 0 saturated heterocycles. The molecule has 5 nitrogen and oxygen atoms in total. The van der Waals surface area contributed by atoms with Crippen molar-refractivity contribution in [3.05, 3.63) is 35.5 Å². The van der Waals surface area contributed by atoms with Crippen molar-refractivity contribution in [3.8, 4) is 0 Å². The zero-order chi connectivity index (χ0) is 13.1. The zero-order valence-electron chi connectivity index (χ0n) is 10.6. The second-order valence-electron chi connectivity index (χ2n) is 3.94. The van der Waals surface area contributed by atoms with Gasteiger partial charge in [0, 0.05) is 29.2 Å². The first-order chi connectivity index (χ1) is 8.65. The van der Waals surface area contributed by atoms with Gasteiger partial charge in [0.2, 0.25) is 0 Å². The van der Waals surface area contributed by atoms with Crippen molar-refractivity contribution in [1.82, 2.24) is 9.99 Å². The Morgan fingerprint density at radius 1 is 1.44 bits per heavy atom. The summed E-state index contributed by atoms with van der Waals surface area (Å²) in [5.41, 5.74) is 5.49. The minimum Gasteiger partial charge on any atom is -0.452 e. The number of rotatable bonds is 2. The third-order valence-electron chi connectivity index (χ3n) is 2.98. The van der Waals surface area contributed by atoms with E-state index in [1.165, 1.54) is 7.11 Å². The van der Waals surface area contributed by atoms with E-state index in [1.807, 2.05) is 38.2 Å². The fourth-order valence-corrected chi connectivity index (χ4v) is 1.91. The highest BCUT2D eigenvalue weighted by atomic mass is 16.5. The predicted octanol–water partition coefficient (Wildman–Crippen LogP) is 2.18. The van der Waals surface area contributed by atoms with Crippen molar-refractivity contribution in [2.24, 2.45) is 12.1 Å². The largest absolute Gasteiger partial charge is 0.452 e. The molecule has 1 aromatic heterocycles. The highest BCUT2D eigenvalue weighted by Gasteiger charge is 2.09. The van der Waals surface area contributed by atoms with Crippen LogP contribution in [0.15, 0.2) is 29.4 Å². The van der Waals surface area contributed by atoms with E-state index in [0.29, 0.717) is 0 Å². The Bertz CT molecular complexity index is 614. The summed E-state index contributed by atoms with van der Waals surface area (Å²) in [4.78, 5) is 10.9. The Labute approximate surface area is 105 Å². The minimum atomic E-state index is -0.580. The molecule has 1 amide bonds. The van der Waals surface area contributed by atoms with Crippen LogP contribution in [-0.2, 0) is 11.8 Å². The van der Waals surface area contributed by atoms with E-state index < -0.39 is 6.09 Å². The molecule has 0 aliphatic rings. The number of para-hydroxylation sites is 1. The van der Waals surface area contributed by atoms with Crippen molar-refractivity contribution in [3.63, 3.8) is 0 Å². The predicted molar refractivity (Wildman–Crippen MR) is 70.8 cm³/mol. The number of aromatic nitrogens is 1. The number of fused-ring (bicyclic) bond motifs is 1. The molecule has 0 radical (unpaired) electrons. The number of carbonyl (C=O) groups is 1. The average Bonchev–Trinajstić information content (AvgIpc) is 2.64. The summed E-state index contributed by atoms with van der Waals surface area (Å²) < 4.78 is 6.53. The molecule has 2 rings (SSSR count).